The van der Waals surface area contributed by atoms with Gasteiger partial charge in [0.05, 0.1) is 17.2 Å². The maximum Gasteiger partial charge on any atom is 0.303 e. The van der Waals surface area contributed by atoms with E-state index in [9.17, 15) is 18.3 Å². The number of fused-ring (bicyclic) bond motifs is 1. The normalized spacial score (nSPS) is 13.1. The Balaban J connectivity index is 1.06. The number of oxazole rings is 1. The van der Waals surface area contributed by atoms with Crippen LogP contribution in [-0.4, -0.2) is 41.9 Å². The van der Waals surface area contributed by atoms with Crippen LogP contribution in [0.1, 0.15) is 34.6 Å². The van der Waals surface area contributed by atoms with Gasteiger partial charge in [0.1, 0.15) is 11.5 Å². The van der Waals surface area contributed by atoms with Gasteiger partial charge in [-0.3, -0.25) is 4.79 Å². The molecule has 1 N–H and O–H groups in total. The van der Waals surface area contributed by atoms with E-state index in [0.29, 0.717) is 37.5 Å². The van der Waals surface area contributed by atoms with Gasteiger partial charge in [-0.1, -0.05) is 91.0 Å². The zero-order valence-corrected chi connectivity index (χ0v) is 29.1. The Morgan fingerprint density at radius 2 is 1.35 bits per heavy atom. The van der Waals surface area contributed by atoms with Crippen LogP contribution in [-0.2, 0) is 40.6 Å². The Morgan fingerprint density at radius 3 is 1.98 bits per heavy atom. The first-order valence-electron chi connectivity index (χ1n) is 17.0. The van der Waals surface area contributed by atoms with Gasteiger partial charge in [0.25, 0.3) is 0 Å². The van der Waals surface area contributed by atoms with E-state index in [1.165, 1.54) is 4.31 Å². The van der Waals surface area contributed by atoms with Crippen LogP contribution >= 0.6 is 0 Å². The Kier molecular flexibility index (Phi) is 9.83. The molecule has 1 aliphatic rings. The molecular weight excluding hydrogens is 661 g/mol. The Bertz CT molecular complexity index is 2250. The van der Waals surface area contributed by atoms with Crippen molar-refractivity contribution in [2.75, 3.05) is 13.2 Å². The minimum Gasteiger partial charge on any atom is -0.493 e. The number of sulfonamides is 1. The fourth-order valence-corrected chi connectivity index (χ4v) is 7.98. The van der Waals surface area contributed by atoms with Crippen LogP contribution in [0.5, 0.6) is 5.75 Å². The van der Waals surface area contributed by atoms with Crippen molar-refractivity contribution in [2.24, 2.45) is 0 Å². The standard InChI is InChI=1S/C42H38N2O6S/c1-29-39(43-42(50-29)35-14-12-32(13-15-35)30-8-4-2-5-9-30)25-27-49-40-22-18-34(19-23-41(45)46)38-28-44(26-24-37(38)40)51(47,48)36-20-16-33(17-21-36)31-10-6-3-7-11-31/h2-18,20-22H,19,23-28H2,1H3,(H,45,46). The van der Waals surface area contributed by atoms with Crippen molar-refractivity contribution in [1.82, 2.24) is 9.29 Å². The lowest BCUT2D eigenvalue weighted by Gasteiger charge is -2.31. The maximum absolute atomic E-state index is 13.8. The molecule has 2 heterocycles. The molecule has 0 atom stereocenters. The molecule has 1 aliphatic heterocycles. The summed E-state index contributed by atoms with van der Waals surface area (Å²) in [5.74, 6) is 1.05. The molecule has 0 fully saturated rings. The molecule has 5 aromatic carbocycles. The number of ether oxygens (including phenoxy) is 1. The highest BCUT2D eigenvalue weighted by molar-refractivity contribution is 7.89. The largest absolute Gasteiger partial charge is 0.493 e. The summed E-state index contributed by atoms with van der Waals surface area (Å²) in [4.78, 5) is 16.5. The zero-order valence-electron chi connectivity index (χ0n) is 28.3. The van der Waals surface area contributed by atoms with Crippen molar-refractivity contribution in [3.8, 4) is 39.5 Å². The monoisotopic (exact) mass is 698 g/mol. The van der Waals surface area contributed by atoms with E-state index in [0.717, 1.165) is 56.0 Å². The second-order valence-corrected chi connectivity index (χ2v) is 14.6. The number of hydrogen-bond donors (Lipinski definition) is 1. The van der Waals surface area contributed by atoms with Gasteiger partial charge in [0.2, 0.25) is 15.9 Å². The second-order valence-electron chi connectivity index (χ2n) is 12.6. The molecular formula is C42H38N2O6S. The van der Waals surface area contributed by atoms with Crippen LogP contribution in [0.3, 0.4) is 0 Å². The van der Waals surface area contributed by atoms with Crippen molar-refractivity contribution < 1.29 is 27.5 Å². The second kappa shape index (κ2) is 14.8. The van der Waals surface area contributed by atoms with Crippen molar-refractivity contribution in [1.29, 1.82) is 0 Å². The molecule has 1 aromatic heterocycles. The number of aryl methyl sites for hydroxylation is 2. The molecule has 0 radical (unpaired) electrons. The maximum atomic E-state index is 13.8. The number of aliphatic carboxylic acids is 1. The molecule has 258 valence electrons. The van der Waals surface area contributed by atoms with Crippen molar-refractivity contribution in [3.05, 3.63) is 149 Å². The van der Waals surface area contributed by atoms with E-state index in [2.05, 4.69) is 24.3 Å². The molecule has 0 saturated heterocycles. The molecule has 8 nitrogen and oxygen atoms in total. The van der Waals surface area contributed by atoms with E-state index < -0.39 is 16.0 Å². The number of nitrogens with zero attached hydrogens (tertiary/aromatic N) is 2. The lowest BCUT2D eigenvalue weighted by atomic mass is 9.92. The van der Waals surface area contributed by atoms with E-state index >= 15 is 0 Å². The summed E-state index contributed by atoms with van der Waals surface area (Å²) in [6, 6.07) is 38.8. The van der Waals surface area contributed by atoms with Gasteiger partial charge in [-0.25, -0.2) is 13.4 Å². The first kappa shape index (κ1) is 34.0. The molecule has 0 bridgehead atoms. The quantitative estimate of drug-likeness (QED) is 0.137. The molecule has 0 saturated carbocycles. The summed E-state index contributed by atoms with van der Waals surface area (Å²) >= 11 is 0. The Hall–Kier alpha value is -5.51. The van der Waals surface area contributed by atoms with Gasteiger partial charge in [-0.2, -0.15) is 4.31 Å². The molecule has 6 aromatic rings. The first-order chi connectivity index (χ1) is 24.8. The smallest absolute Gasteiger partial charge is 0.303 e. The number of aromatic nitrogens is 1. The summed E-state index contributed by atoms with van der Waals surface area (Å²) in [6.07, 6.45) is 1.21. The van der Waals surface area contributed by atoms with Gasteiger partial charge >= 0.3 is 5.97 Å². The minimum atomic E-state index is -3.80. The Labute approximate surface area is 298 Å². The number of carboxylic acid groups (broad SMARTS) is 1. The first-order valence-corrected chi connectivity index (χ1v) is 18.5. The highest BCUT2D eigenvalue weighted by Crippen LogP contribution is 2.35. The number of carbonyl (C=O) groups is 1. The molecule has 0 amide bonds. The summed E-state index contributed by atoms with van der Waals surface area (Å²) < 4.78 is 41.5. The zero-order chi connectivity index (χ0) is 35.4. The highest BCUT2D eigenvalue weighted by atomic mass is 32.2. The van der Waals surface area contributed by atoms with Crippen LogP contribution in [0.15, 0.2) is 131 Å². The summed E-state index contributed by atoms with van der Waals surface area (Å²) in [6.45, 7) is 2.66. The number of carboxylic acids is 1. The van der Waals surface area contributed by atoms with Crippen LogP contribution < -0.4 is 4.74 Å². The highest BCUT2D eigenvalue weighted by Gasteiger charge is 2.31. The lowest BCUT2D eigenvalue weighted by Crippen LogP contribution is -2.36. The van der Waals surface area contributed by atoms with Crippen molar-refractivity contribution in [3.63, 3.8) is 0 Å². The fraction of sp³-hybridized carbons (Fsp3) is 0.190. The van der Waals surface area contributed by atoms with E-state index in [1.807, 2.05) is 91.9 Å². The number of rotatable bonds is 12. The van der Waals surface area contributed by atoms with E-state index in [1.54, 1.807) is 12.1 Å². The lowest BCUT2D eigenvalue weighted by molar-refractivity contribution is -0.136. The van der Waals surface area contributed by atoms with Gasteiger partial charge < -0.3 is 14.3 Å². The molecule has 0 unspecified atom stereocenters. The van der Waals surface area contributed by atoms with E-state index in [4.69, 9.17) is 14.1 Å². The topological polar surface area (TPSA) is 110 Å². The van der Waals surface area contributed by atoms with Gasteiger partial charge in [0.15, 0.2) is 0 Å². The van der Waals surface area contributed by atoms with Crippen LogP contribution in [0.4, 0.5) is 0 Å². The van der Waals surface area contributed by atoms with E-state index in [-0.39, 0.29) is 24.4 Å². The summed E-state index contributed by atoms with van der Waals surface area (Å²) in [5.41, 5.74) is 8.44. The summed E-state index contributed by atoms with van der Waals surface area (Å²) in [7, 11) is -3.80. The predicted octanol–water partition coefficient (Wildman–Crippen LogP) is 8.37. The SMILES string of the molecule is Cc1oc(-c2ccc(-c3ccccc3)cc2)nc1CCOc1ccc(CCC(=O)O)c2c1CCN(S(=O)(=O)c1ccc(-c3ccccc3)cc1)C2. The molecule has 7 rings (SSSR count). The minimum absolute atomic E-state index is 0.0525. The molecule has 9 heteroatoms. The third kappa shape index (κ3) is 7.50. The number of hydrogen-bond acceptors (Lipinski definition) is 6. The van der Waals surface area contributed by atoms with Crippen LogP contribution in [0, 0.1) is 6.92 Å². The number of benzene rings is 5. The average molecular weight is 699 g/mol. The third-order valence-electron chi connectivity index (χ3n) is 9.37. The predicted molar refractivity (Wildman–Crippen MR) is 197 cm³/mol. The molecule has 0 aliphatic carbocycles. The third-order valence-corrected chi connectivity index (χ3v) is 11.2. The average Bonchev–Trinajstić information content (AvgIpc) is 3.54. The van der Waals surface area contributed by atoms with Gasteiger partial charge in [-0.05, 0) is 83.5 Å². The van der Waals surface area contributed by atoms with Crippen LogP contribution in [0.2, 0.25) is 0 Å². The molecule has 0 spiro atoms. The van der Waals surface area contributed by atoms with Gasteiger partial charge in [-0.15, -0.1) is 0 Å². The van der Waals surface area contributed by atoms with Crippen molar-refractivity contribution >= 4 is 16.0 Å². The summed E-state index contributed by atoms with van der Waals surface area (Å²) in [5, 5.41) is 9.40. The van der Waals surface area contributed by atoms with Gasteiger partial charge in [0, 0.05) is 37.1 Å². The molecule has 51 heavy (non-hydrogen) atoms. The van der Waals surface area contributed by atoms with Crippen LogP contribution in [0.25, 0.3) is 33.7 Å². The van der Waals surface area contributed by atoms with Crippen molar-refractivity contribution in [2.45, 2.75) is 44.0 Å². The Morgan fingerprint density at radius 1 is 0.765 bits per heavy atom. The fourth-order valence-electron chi connectivity index (χ4n) is 6.58.